The summed E-state index contributed by atoms with van der Waals surface area (Å²) in [4.78, 5) is 22.8. The summed E-state index contributed by atoms with van der Waals surface area (Å²) in [6.45, 7) is 5.93. The molecule has 0 aromatic heterocycles. The maximum atomic E-state index is 11.7. The number of carbonyl (C=O) groups excluding carboxylic acids is 2. The molecule has 98 valence electrons. The van der Waals surface area contributed by atoms with Crippen molar-refractivity contribution in [2.24, 2.45) is 11.1 Å². The highest BCUT2D eigenvalue weighted by Crippen LogP contribution is 2.22. The molecule has 0 fully saturated rings. The molecule has 0 saturated heterocycles. The van der Waals surface area contributed by atoms with Crippen LogP contribution in [0.25, 0.3) is 0 Å². The number of nitrogens with two attached hydrogens (primary N) is 1. The van der Waals surface area contributed by atoms with E-state index in [0.717, 1.165) is 0 Å². The van der Waals surface area contributed by atoms with Crippen molar-refractivity contribution in [2.45, 2.75) is 27.2 Å². The SMILES string of the molecule is CC(C)(C)CC(=O)Nc1ccc(Cl)c(C(N)=O)c1. The Hall–Kier alpha value is -1.55. The fourth-order valence-corrected chi connectivity index (χ4v) is 1.69. The molecule has 5 heteroatoms. The minimum absolute atomic E-state index is 0.0942. The summed E-state index contributed by atoms with van der Waals surface area (Å²) in [7, 11) is 0. The van der Waals surface area contributed by atoms with Gasteiger partial charge < -0.3 is 11.1 Å². The minimum atomic E-state index is -0.619. The summed E-state index contributed by atoms with van der Waals surface area (Å²) >= 11 is 5.82. The van der Waals surface area contributed by atoms with E-state index in [9.17, 15) is 9.59 Å². The lowest BCUT2D eigenvalue weighted by Gasteiger charge is -2.17. The van der Waals surface area contributed by atoms with Gasteiger partial charge in [-0.25, -0.2) is 0 Å². The Morgan fingerprint density at radius 1 is 1.33 bits per heavy atom. The van der Waals surface area contributed by atoms with Crippen molar-refractivity contribution in [3.63, 3.8) is 0 Å². The molecule has 1 aromatic carbocycles. The molecule has 0 saturated carbocycles. The second kappa shape index (κ2) is 5.40. The lowest BCUT2D eigenvalue weighted by molar-refractivity contribution is -0.117. The van der Waals surface area contributed by atoms with Crippen LogP contribution in [-0.2, 0) is 4.79 Å². The highest BCUT2D eigenvalue weighted by Gasteiger charge is 2.16. The summed E-state index contributed by atoms with van der Waals surface area (Å²) in [5.41, 5.74) is 5.80. The first-order valence-corrected chi connectivity index (χ1v) is 5.96. The monoisotopic (exact) mass is 268 g/mol. The van der Waals surface area contributed by atoms with Gasteiger partial charge in [-0.15, -0.1) is 0 Å². The second-order valence-corrected chi connectivity index (χ2v) is 5.75. The Kier molecular flexibility index (Phi) is 4.35. The van der Waals surface area contributed by atoms with Crippen molar-refractivity contribution < 1.29 is 9.59 Å². The van der Waals surface area contributed by atoms with Gasteiger partial charge in [-0.3, -0.25) is 9.59 Å². The van der Waals surface area contributed by atoms with E-state index in [2.05, 4.69) is 5.32 Å². The molecular weight excluding hydrogens is 252 g/mol. The third-order valence-electron chi connectivity index (χ3n) is 2.21. The maximum absolute atomic E-state index is 11.7. The van der Waals surface area contributed by atoms with Crippen LogP contribution in [0.15, 0.2) is 18.2 Å². The van der Waals surface area contributed by atoms with Gasteiger partial charge in [-0.05, 0) is 23.6 Å². The zero-order valence-corrected chi connectivity index (χ0v) is 11.5. The van der Waals surface area contributed by atoms with Gasteiger partial charge in [-0.1, -0.05) is 32.4 Å². The van der Waals surface area contributed by atoms with E-state index in [-0.39, 0.29) is 21.9 Å². The third-order valence-corrected chi connectivity index (χ3v) is 2.54. The lowest BCUT2D eigenvalue weighted by atomic mass is 9.92. The van der Waals surface area contributed by atoms with E-state index in [1.807, 2.05) is 20.8 Å². The largest absolute Gasteiger partial charge is 0.366 e. The number of rotatable bonds is 3. The second-order valence-electron chi connectivity index (χ2n) is 5.34. The number of amides is 2. The van der Waals surface area contributed by atoms with Gasteiger partial charge in [0.1, 0.15) is 0 Å². The van der Waals surface area contributed by atoms with Crippen LogP contribution in [0.1, 0.15) is 37.6 Å². The average molecular weight is 269 g/mol. The molecule has 0 unspecified atom stereocenters. The summed E-state index contributed by atoms with van der Waals surface area (Å²) in [5, 5.41) is 2.99. The number of carbonyl (C=O) groups is 2. The van der Waals surface area contributed by atoms with E-state index < -0.39 is 5.91 Å². The standard InChI is InChI=1S/C13H17ClN2O2/c1-13(2,3)7-11(17)16-8-4-5-10(14)9(6-8)12(15)18/h4-6H,7H2,1-3H3,(H2,15,18)(H,16,17). The molecule has 0 aliphatic heterocycles. The van der Waals surface area contributed by atoms with Crippen LogP contribution in [0.2, 0.25) is 5.02 Å². The number of nitrogens with one attached hydrogen (secondary N) is 1. The van der Waals surface area contributed by atoms with E-state index in [4.69, 9.17) is 17.3 Å². The van der Waals surface area contributed by atoms with Crippen LogP contribution in [0.3, 0.4) is 0 Å². The molecular formula is C13H17ClN2O2. The van der Waals surface area contributed by atoms with Gasteiger partial charge in [0.25, 0.3) is 0 Å². The van der Waals surface area contributed by atoms with Crippen molar-refractivity contribution in [3.05, 3.63) is 28.8 Å². The van der Waals surface area contributed by atoms with Crippen molar-refractivity contribution in [3.8, 4) is 0 Å². The zero-order chi connectivity index (χ0) is 13.9. The van der Waals surface area contributed by atoms with Gasteiger partial charge in [0, 0.05) is 12.1 Å². The molecule has 1 rings (SSSR count). The highest BCUT2D eigenvalue weighted by atomic mass is 35.5. The zero-order valence-electron chi connectivity index (χ0n) is 10.7. The quantitative estimate of drug-likeness (QED) is 0.885. The molecule has 0 atom stereocenters. The molecule has 18 heavy (non-hydrogen) atoms. The topological polar surface area (TPSA) is 72.2 Å². The number of halogens is 1. The Labute approximate surface area is 112 Å². The summed E-state index contributed by atoms with van der Waals surface area (Å²) < 4.78 is 0. The summed E-state index contributed by atoms with van der Waals surface area (Å²) in [5.74, 6) is -0.729. The first-order valence-electron chi connectivity index (χ1n) is 5.58. The minimum Gasteiger partial charge on any atom is -0.366 e. The molecule has 0 bridgehead atoms. The predicted octanol–water partition coefficient (Wildman–Crippen LogP) is 2.81. The van der Waals surface area contributed by atoms with Gasteiger partial charge in [0.05, 0.1) is 10.6 Å². The molecule has 0 aliphatic carbocycles. The van der Waals surface area contributed by atoms with Crippen molar-refractivity contribution >= 4 is 29.1 Å². The number of primary amides is 1. The summed E-state index contributed by atoms with van der Waals surface area (Å²) in [6, 6.07) is 4.65. The van der Waals surface area contributed by atoms with Crippen molar-refractivity contribution in [2.75, 3.05) is 5.32 Å². The molecule has 3 N–H and O–H groups in total. The Balaban J connectivity index is 2.83. The van der Waals surface area contributed by atoms with Crippen LogP contribution in [0.4, 0.5) is 5.69 Å². The Bertz CT molecular complexity index is 478. The van der Waals surface area contributed by atoms with E-state index in [0.29, 0.717) is 12.1 Å². The van der Waals surface area contributed by atoms with E-state index in [1.165, 1.54) is 12.1 Å². The fraction of sp³-hybridized carbons (Fsp3) is 0.385. The molecule has 2 amide bonds. The molecule has 4 nitrogen and oxygen atoms in total. The van der Waals surface area contributed by atoms with Crippen LogP contribution in [0, 0.1) is 5.41 Å². The Morgan fingerprint density at radius 3 is 2.44 bits per heavy atom. The van der Waals surface area contributed by atoms with Crippen LogP contribution < -0.4 is 11.1 Å². The molecule has 0 radical (unpaired) electrons. The van der Waals surface area contributed by atoms with Gasteiger partial charge >= 0.3 is 0 Å². The van der Waals surface area contributed by atoms with E-state index in [1.54, 1.807) is 6.07 Å². The molecule has 1 aromatic rings. The maximum Gasteiger partial charge on any atom is 0.250 e. The normalized spacial score (nSPS) is 11.1. The number of benzene rings is 1. The number of hydrogen-bond acceptors (Lipinski definition) is 2. The molecule has 0 spiro atoms. The molecule has 0 heterocycles. The van der Waals surface area contributed by atoms with Crippen LogP contribution >= 0.6 is 11.6 Å². The highest BCUT2D eigenvalue weighted by molar-refractivity contribution is 6.33. The number of hydrogen-bond donors (Lipinski definition) is 2. The van der Waals surface area contributed by atoms with Crippen molar-refractivity contribution in [1.29, 1.82) is 0 Å². The molecule has 0 aliphatic rings. The third kappa shape index (κ3) is 4.37. The van der Waals surface area contributed by atoms with Crippen LogP contribution in [0.5, 0.6) is 0 Å². The summed E-state index contributed by atoms with van der Waals surface area (Å²) in [6.07, 6.45) is 0.390. The van der Waals surface area contributed by atoms with Crippen LogP contribution in [-0.4, -0.2) is 11.8 Å². The predicted molar refractivity (Wildman–Crippen MR) is 72.7 cm³/mol. The van der Waals surface area contributed by atoms with Crippen molar-refractivity contribution in [1.82, 2.24) is 0 Å². The number of anilines is 1. The van der Waals surface area contributed by atoms with Gasteiger partial charge in [0.15, 0.2) is 0 Å². The van der Waals surface area contributed by atoms with E-state index >= 15 is 0 Å². The fourth-order valence-electron chi connectivity index (χ4n) is 1.48. The first-order chi connectivity index (χ1) is 8.19. The van der Waals surface area contributed by atoms with Gasteiger partial charge in [0.2, 0.25) is 11.8 Å². The van der Waals surface area contributed by atoms with Gasteiger partial charge in [-0.2, -0.15) is 0 Å². The average Bonchev–Trinajstić information content (AvgIpc) is 2.17. The Morgan fingerprint density at radius 2 is 1.94 bits per heavy atom. The first kappa shape index (κ1) is 14.5. The lowest BCUT2D eigenvalue weighted by Crippen LogP contribution is -2.20. The smallest absolute Gasteiger partial charge is 0.250 e.